The van der Waals surface area contributed by atoms with Crippen LogP contribution in [0.1, 0.15) is 37.8 Å². The van der Waals surface area contributed by atoms with Crippen LogP contribution >= 0.6 is 8.58 Å². The van der Waals surface area contributed by atoms with E-state index in [1.54, 1.807) is 13.2 Å². The van der Waals surface area contributed by atoms with E-state index in [0.29, 0.717) is 14.3 Å². The molecule has 0 aliphatic heterocycles. The number of phenols is 1. The van der Waals surface area contributed by atoms with Crippen molar-refractivity contribution >= 4 is 25.8 Å². The smallest absolute Gasteiger partial charge is 0.161 e. The van der Waals surface area contributed by atoms with Crippen LogP contribution in [0.5, 0.6) is 11.5 Å². The number of phenolic OH excluding ortho intramolecular Hbond substituents is 1. The van der Waals surface area contributed by atoms with E-state index in [9.17, 15) is 5.11 Å². The molecule has 4 heteroatoms. The largest absolute Gasteiger partial charge is 0.504 e. The van der Waals surface area contributed by atoms with Crippen LogP contribution in [-0.2, 0) is 5.16 Å². The van der Waals surface area contributed by atoms with Gasteiger partial charge in [0.2, 0.25) is 0 Å². The number of ether oxygens (including phenoxy) is 1. The minimum atomic E-state index is -0.157. The van der Waals surface area contributed by atoms with Crippen molar-refractivity contribution < 1.29 is 9.84 Å². The zero-order valence-electron chi connectivity index (χ0n) is 17.2. The van der Waals surface area contributed by atoms with Crippen LogP contribution in [0.3, 0.4) is 0 Å². The minimum Gasteiger partial charge on any atom is -0.504 e. The first-order chi connectivity index (χ1) is 14.1. The lowest BCUT2D eigenvalue weighted by atomic mass is 9.91. The lowest BCUT2D eigenvalue weighted by Gasteiger charge is -2.34. The zero-order chi connectivity index (χ0) is 20.7. The molecule has 0 bridgehead atoms. The molecule has 1 unspecified atom stereocenters. The van der Waals surface area contributed by atoms with Gasteiger partial charge in [-0.1, -0.05) is 77.0 Å². The molecule has 3 nitrogen and oxygen atoms in total. The Balaban J connectivity index is 1.99. The van der Waals surface area contributed by atoms with Gasteiger partial charge in [0.1, 0.15) is 0 Å². The van der Waals surface area contributed by atoms with Gasteiger partial charge in [-0.25, -0.2) is 0 Å². The van der Waals surface area contributed by atoms with Crippen LogP contribution in [-0.4, -0.2) is 18.4 Å². The highest BCUT2D eigenvalue weighted by molar-refractivity contribution is 7.48. The van der Waals surface area contributed by atoms with Crippen molar-refractivity contribution in [1.29, 1.82) is 0 Å². The SMILES string of the molecule is CCC(CC)(Pc1ccccc1C=Nc1ccccc1)c1cccc(OC)c1O. The molecule has 0 fully saturated rings. The molecule has 3 aromatic carbocycles. The molecule has 0 saturated heterocycles. The molecule has 0 amide bonds. The van der Waals surface area contributed by atoms with Gasteiger partial charge in [0.15, 0.2) is 11.5 Å². The van der Waals surface area contributed by atoms with E-state index in [0.717, 1.165) is 29.7 Å². The van der Waals surface area contributed by atoms with Gasteiger partial charge in [0, 0.05) is 22.5 Å². The zero-order valence-corrected chi connectivity index (χ0v) is 18.2. The standard InChI is InChI=1S/C25H28NO2P/c1-4-25(5-2,21-15-11-16-22(28-3)24(21)27)29-23-17-10-9-12-19(23)18-26-20-13-7-6-8-14-20/h6-18,27,29H,4-5H2,1-3H3. The van der Waals surface area contributed by atoms with Crippen molar-refractivity contribution in [2.45, 2.75) is 31.8 Å². The number of aliphatic imine (C=N–C) groups is 1. The molecule has 0 radical (unpaired) electrons. The highest BCUT2D eigenvalue weighted by atomic mass is 31.1. The van der Waals surface area contributed by atoms with Crippen LogP contribution in [0.4, 0.5) is 5.69 Å². The summed E-state index contributed by atoms with van der Waals surface area (Å²) in [6, 6.07) is 24.2. The van der Waals surface area contributed by atoms with Crippen molar-refractivity contribution in [2.75, 3.05) is 7.11 Å². The van der Waals surface area contributed by atoms with Crippen molar-refractivity contribution in [1.82, 2.24) is 0 Å². The van der Waals surface area contributed by atoms with Gasteiger partial charge in [-0.2, -0.15) is 0 Å². The first kappa shape index (κ1) is 21.1. The Kier molecular flexibility index (Phi) is 7.06. The molecule has 0 heterocycles. The predicted octanol–water partition coefficient (Wildman–Crippen LogP) is 6.17. The fourth-order valence-corrected chi connectivity index (χ4v) is 5.26. The molecule has 0 aliphatic rings. The number of para-hydroxylation sites is 2. The molecule has 3 aromatic rings. The van der Waals surface area contributed by atoms with Gasteiger partial charge in [-0.05, 0) is 36.3 Å². The summed E-state index contributed by atoms with van der Waals surface area (Å²) in [5.74, 6) is 0.777. The molecule has 3 rings (SSSR count). The molecule has 150 valence electrons. The summed E-state index contributed by atoms with van der Waals surface area (Å²) in [6.45, 7) is 4.38. The summed E-state index contributed by atoms with van der Waals surface area (Å²) in [4.78, 5) is 4.65. The summed E-state index contributed by atoms with van der Waals surface area (Å²) in [6.07, 6.45) is 3.79. The highest BCUT2D eigenvalue weighted by Gasteiger charge is 2.33. The van der Waals surface area contributed by atoms with E-state index >= 15 is 0 Å². The average Bonchev–Trinajstić information content (AvgIpc) is 2.78. The molecule has 1 atom stereocenters. The summed E-state index contributed by atoms with van der Waals surface area (Å²) in [5.41, 5.74) is 3.01. The normalized spacial score (nSPS) is 12.1. The number of rotatable bonds is 8. The second-order valence-corrected chi connectivity index (χ2v) is 8.70. The van der Waals surface area contributed by atoms with E-state index in [-0.39, 0.29) is 10.9 Å². The van der Waals surface area contributed by atoms with Gasteiger partial charge in [0.05, 0.1) is 12.8 Å². The summed E-state index contributed by atoms with van der Waals surface area (Å²) in [5, 5.41) is 11.9. The fraction of sp³-hybridized carbons (Fsp3) is 0.240. The number of aromatic hydroxyl groups is 1. The maximum Gasteiger partial charge on any atom is 0.161 e. The van der Waals surface area contributed by atoms with Crippen molar-refractivity contribution in [3.05, 3.63) is 83.9 Å². The predicted molar refractivity (Wildman–Crippen MR) is 125 cm³/mol. The molecule has 0 aromatic heterocycles. The first-order valence-electron chi connectivity index (χ1n) is 9.96. The third-order valence-corrected chi connectivity index (χ3v) is 7.56. The summed E-state index contributed by atoms with van der Waals surface area (Å²) < 4.78 is 5.36. The molecule has 1 N–H and O–H groups in total. The van der Waals surface area contributed by atoms with Crippen molar-refractivity contribution in [3.63, 3.8) is 0 Å². The van der Waals surface area contributed by atoms with Crippen molar-refractivity contribution in [3.8, 4) is 11.5 Å². The lowest BCUT2D eigenvalue weighted by molar-refractivity contribution is 0.365. The lowest BCUT2D eigenvalue weighted by Crippen LogP contribution is -2.23. The van der Waals surface area contributed by atoms with Crippen LogP contribution in [0, 0.1) is 0 Å². The Morgan fingerprint density at radius 1 is 0.931 bits per heavy atom. The first-order valence-corrected chi connectivity index (χ1v) is 11.0. The summed E-state index contributed by atoms with van der Waals surface area (Å²) in [7, 11) is 2.09. The fourth-order valence-electron chi connectivity index (χ4n) is 3.59. The van der Waals surface area contributed by atoms with Gasteiger partial charge in [0.25, 0.3) is 0 Å². The molecular formula is C25H28NO2P. The third kappa shape index (κ3) is 4.68. The van der Waals surface area contributed by atoms with E-state index in [1.807, 2.05) is 54.7 Å². The number of hydrogen-bond donors (Lipinski definition) is 1. The summed E-state index contributed by atoms with van der Waals surface area (Å²) >= 11 is 0. The number of nitrogens with zero attached hydrogens (tertiary/aromatic N) is 1. The van der Waals surface area contributed by atoms with Crippen LogP contribution < -0.4 is 10.0 Å². The molecule has 0 spiro atoms. The van der Waals surface area contributed by atoms with Crippen LogP contribution in [0.25, 0.3) is 0 Å². The highest BCUT2D eigenvalue weighted by Crippen LogP contribution is 2.51. The Morgan fingerprint density at radius 3 is 2.31 bits per heavy atom. The van der Waals surface area contributed by atoms with Gasteiger partial charge in [-0.3, -0.25) is 4.99 Å². The Morgan fingerprint density at radius 2 is 1.62 bits per heavy atom. The Labute approximate surface area is 175 Å². The second-order valence-electron chi connectivity index (χ2n) is 6.95. The van der Waals surface area contributed by atoms with Crippen molar-refractivity contribution in [2.24, 2.45) is 4.99 Å². The Hall–Kier alpha value is -2.64. The van der Waals surface area contributed by atoms with Gasteiger partial charge >= 0.3 is 0 Å². The monoisotopic (exact) mass is 405 g/mol. The quantitative estimate of drug-likeness (QED) is 0.360. The molecular weight excluding hydrogens is 377 g/mol. The molecule has 0 aliphatic carbocycles. The van der Waals surface area contributed by atoms with Gasteiger partial charge < -0.3 is 9.84 Å². The second kappa shape index (κ2) is 9.71. The third-order valence-electron chi connectivity index (χ3n) is 5.39. The number of benzene rings is 3. The van der Waals surface area contributed by atoms with Crippen LogP contribution in [0.2, 0.25) is 0 Å². The van der Waals surface area contributed by atoms with Gasteiger partial charge in [-0.15, -0.1) is 0 Å². The van der Waals surface area contributed by atoms with E-state index in [4.69, 9.17) is 4.74 Å². The minimum absolute atomic E-state index is 0.157. The van der Waals surface area contributed by atoms with E-state index < -0.39 is 0 Å². The van der Waals surface area contributed by atoms with Crippen LogP contribution in [0.15, 0.2) is 77.8 Å². The average molecular weight is 405 g/mol. The maximum atomic E-state index is 10.8. The molecule has 29 heavy (non-hydrogen) atoms. The molecule has 0 saturated carbocycles. The Bertz CT molecular complexity index is 966. The topological polar surface area (TPSA) is 41.8 Å². The maximum absolute atomic E-state index is 10.8. The number of methoxy groups -OCH3 is 1. The van der Waals surface area contributed by atoms with E-state index in [1.165, 1.54) is 5.30 Å². The van der Waals surface area contributed by atoms with E-state index in [2.05, 4.69) is 37.0 Å². The number of hydrogen-bond acceptors (Lipinski definition) is 3.